The first kappa shape index (κ1) is 17.8. The molecule has 0 radical (unpaired) electrons. The molecule has 1 saturated heterocycles. The van der Waals surface area contributed by atoms with E-state index in [0.717, 1.165) is 15.5 Å². The Kier molecular flexibility index (Phi) is 4.14. The third-order valence-corrected chi connectivity index (χ3v) is 4.73. The number of anilines is 1. The number of para-hydroxylation sites is 1. The number of carbonyl (C=O) groups is 4. The Morgan fingerprint density at radius 2 is 1.92 bits per heavy atom. The number of esters is 1. The van der Waals surface area contributed by atoms with Crippen LogP contribution >= 0.6 is 0 Å². The lowest BCUT2D eigenvalue weighted by atomic mass is 9.85. The Labute approximate surface area is 150 Å². The van der Waals surface area contributed by atoms with Crippen molar-refractivity contribution >= 4 is 35.1 Å². The van der Waals surface area contributed by atoms with Crippen LogP contribution in [0.2, 0.25) is 0 Å². The van der Waals surface area contributed by atoms with Gasteiger partial charge in [0.1, 0.15) is 5.92 Å². The van der Waals surface area contributed by atoms with E-state index in [4.69, 9.17) is 4.74 Å². The molecule has 26 heavy (non-hydrogen) atoms. The van der Waals surface area contributed by atoms with E-state index in [1.165, 1.54) is 13.8 Å². The second-order valence-electron chi connectivity index (χ2n) is 6.38. The monoisotopic (exact) mass is 357 g/mol. The van der Waals surface area contributed by atoms with Gasteiger partial charge in [-0.2, -0.15) is 5.10 Å². The van der Waals surface area contributed by atoms with Crippen molar-refractivity contribution in [3.8, 4) is 0 Å². The average Bonchev–Trinajstić information content (AvgIpc) is 3.00. The molecule has 0 spiro atoms. The van der Waals surface area contributed by atoms with Gasteiger partial charge in [-0.15, -0.1) is 0 Å². The Bertz CT molecular complexity index is 862. The number of amides is 3. The van der Waals surface area contributed by atoms with E-state index < -0.39 is 35.1 Å². The second kappa shape index (κ2) is 6.05. The summed E-state index contributed by atoms with van der Waals surface area (Å²) in [6, 6.07) is 6.92. The maximum absolute atomic E-state index is 13.2. The SMILES string of the molecule is CCOC(=O)C1=NN(C(C)=O)C2(C)C(=O)N(c3ccccc3C)C(=O)C12. The first-order chi connectivity index (χ1) is 12.2. The molecule has 1 aromatic carbocycles. The van der Waals surface area contributed by atoms with Crippen molar-refractivity contribution in [3.63, 3.8) is 0 Å². The fourth-order valence-corrected chi connectivity index (χ4v) is 3.49. The molecule has 3 rings (SSSR count). The largest absolute Gasteiger partial charge is 0.461 e. The van der Waals surface area contributed by atoms with Crippen molar-refractivity contribution in [1.82, 2.24) is 5.01 Å². The van der Waals surface area contributed by atoms with Gasteiger partial charge in [0.15, 0.2) is 11.3 Å². The highest BCUT2D eigenvalue weighted by Gasteiger charge is 2.68. The quantitative estimate of drug-likeness (QED) is 0.594. The fraction of sp³-hybridized carbons (Fsp3) is 0.389. The number of aryl methyl sites for hydroxylation is 1. The molecule has 1 aromatic rings. The minimum Gasteiger partial charge on any atom is -0.461 e. The van der Waals surface area contributed by atoms with Gasteiger partial charge in [-0.05, 0) is 32.4 Å². The van der Waals surface area contributed by atoms with Crippen molar-refractivity contribution in [2.24, 2.45) is 11.0 Å². The Hall–Kier alpha value is -3.03. The minimum absolute atomic E-state index is 0.0883. The van der Waals surface area contributed by atoms with Gasteiger partial charge in [-0.3, -0.25) is 14.4 Å². The summed E-state index contributed by atoms with van der Waals surface area (Å²) >= 11 is 0. The smallest absolute Gasteiger partial charge is 0.355 e. The lowest BCUT2D eigenvalue weighted by molar-refractivity contribution is -0.142. The molecule has 8 nitrogen and oxygen atoms in total. The summed E-state index contributed by atoms with van der Waals surface area (Å²) in [5.41, 5.74) is -0.668. The third-order valence-electron chi connectivity index (χ3n) is 4.73. The molecule has 1 fully saturated rings. The normalized spacial score (nSPS) is 24.6. The molecule has 0 aliphatic carbocycles. The van der Waals surface area contributed by atoms with E-state index in [0.29, 0.717) is 5.69 Å². The van der Waals surface area contributed by atoms with Crippen molar-refractivity contribution in [2.75, 3.05) is 11.5 Å². The highest BCUT2D eigenvalue weighted by molar-refractivity contribution is 6.47. The zero-order valence-electron chi connectivity index (χ0n) is 15.0. The van der Waals surface area contributed by atoms with Crippen LogP contribution in [0.15, 0.2) is 29.4 Å². The van der Waals surface area contributed by atoms with Crippen LogP contribution < -0.4 is 4.90 Å². The molecule has 8 heteroatoms. The van der Waals surface area contributed by atoms with Gasteiger partial charge in [-0.1, -0.05) is 18.2 Å². The van der Waals surface area contributed by atoms with E-state index >= 15 is 0 Å². The first-order valence-corrected chi connectivity index (χ1v) is 8.25. The molecule has 136 valence electrons. The first-order valence-electron chi connectivity index (χ1n) is 8.25. The zero-order valence-corrected chi connectivity index (χ0v) is 15.0. The number of rotatable bonds is 3. The van der Waals surface area contributed by atoms with Crippen LogP contribution in [-0.2, 0) is 23.9 Å². The highest BCUT2D eigenvalue weighted by atomic mass is 16.5. The molecule has 0 aromatic heterocycles. The number of hydrogen-bond acceptors (Lipinski definition) is 6. The molecule has 0 bridgehead atoms. The summed E-state index contributed by atoms with van der Waals surface area (Å²) in [7, 11) is 0. The van der Waals surface area contributed by atoms with Crippen molar-refractivity contribution in [2.45, 2.75) is 33.2 Å². The maximum Gasteiger partial charge on any atom is 0.355 e. The average molecular weight is 357 g/mol. The summed E-state index contributed by atoms with van der Waals surface area (Å²) < 4.78 is 4.97. The Morgan fingerprint density at radius 1 is 1.27 bits per heavy atom. The van der Waals surface area contributed by atoms with E-state index in [9.17, 15) is 19.2 Å². The lowest BCUT2D eigenvalue weighted by Crippen LogP contribution is -2.52. The van der Waals surface area contributed by atoms with Crippen LogP contribution in [0.5, 0.6) is 0 Å². The van der Waals surface area contributed by atoms with Gasteiger partial charge in [0, 0.05) is 6.92 Å². The van der Waals surface area contributed by atoms with Crippen LogP contribution in [0.1, 0.15) is 26.3 Å². The molecule has 2 heterocycles. The number of benzene rings is 1. The molecular weight excluding hydrogens is 338 g/mol. The van der Waals surface area contributed by atoms with Crippen LogP contribution in [-0.4, -0.2) is 46.6 Å². The number of nitrogens with zero attached hydrogens (tertiary/aromatic N) is 3. The van der Waals surface area contributed by atoms with Crippen molar-refractivity contribution in [3.05, 3.63) is 29.8 Å². The standard InChI is InChI=1S/C18H19N3O5/c1-5-26-16(24)14-13-15(23)20(12-9-7-6-8-10(12)2)17(25)18(13,4)21(19-14)11(3)22/h6-9,13H,5H2,1-4H3. The van der Waals surface area contributed by atoms with Crippen molar-refractivity contribution < 1.29 is 23.9 Å². The van der Waals surface area contributed by atoms with Gasteiger partial charge in [-0.25, -0.2) is 14.7 Å². The predicted octanol–water partition coefficient (Wildman–Crippen LogP) is 1.02. The predicted molar refractivity (Wildman–Crippen MR) is 92.2 cm³/mol. The van der Waals surface area contributed by atoms with E-state index in [1.807, 2.05) is 0 Å². The Balaban J connectivity index is 2.15. The summed E-state index contributed by atoms with van der Waals surface area (Å²) in [5.74, 6) is -3.73. The fourth-order valence-electron chi connectivity index (χ4n) is 3.49. The molecule has 0 saturated carbocycles. The third kappa shape index (κ3) is 2.25. The Morgan fingerprint density at radius 3 is 2.50 bits per heavy atom. The van der Waals surface area contributed by atoms with Crippen LogP contribution in [0.4, 0.5) is 5.69 Å². The molecule has 3 amide bonds. The molecule has 2 atom stereocenters. The van der Waals surface area contributed by atoms with Gasteiger partial charge in [0.05, 0.1) is 12.3 Å². The van der Waals surface area contributed by atoms with Gasteiger partial charge >= 0.3 is 5.97 Å². The maximum atomic E-state index is 13.2. The highest BCUT2D eigenvalue weighted by Crippen LogP contribution is 2.44. The second-order valence-corrected chi connectivity index (χ2v) is 6.38. The van der Waals surface area contributed by atoms with Gasteiger partial charge in [0.25, 0.3) is 5.91 Å². The summed E-state index contributed by atoms with van der Waals surface area (Å²) in [6.07, 6.45) is 0. The van der Waals surface area contributed by atoms with Crippen LogP contribution in [0.25, 0.3) is 0 Å². The summed E-state index contributed by atoms with van der Waals surface area (Å²) in [6.45, 7) is 6.17. The topological polar surface area (TPSA) is 96.3 Å². The number of carbonyl (C=O) groups excluding carboxylic acids is 4. The molecule has 2 aliphatic heterocycles. The van der Waals surface area contributed by atoms with Crippen LogP contribution in [0.3, 0.4) is 0 Å². The summed E-state index contributed by atoms with van der Waals surface area (Å²) in [4.78, 5) is 51.7. The molecule has 0 N–H and O–H groups in total. The zero-order chi connectivity index (χ0) is 19.2. The van der Waals surface area contributed by atoms with E-state index in [2.05, 4.69) is 5.10 Å². The molecule has 2 unspecified atom stereocenters. The number of fused-ring (bicyclic) bond motifs is 1. The van der Waals surface area contributed by atoms with Gasteiger partial charge in [0.2, 0.25) is 11.8 Å². The minimum atomic E-state index is -1.59. The summed E-state index contributed by atoms with van der Waals surface area (Å²) in [5, 5.41) is 4.89. The number of imide groups is 1. The molecule has 2 aliphatic rings. The number of ether oxygens (including phenoxy) is 1. The van der Waals surface area contributed by atoms with E-state index in [-0.39, 0.29) is 12.3 Å². The number of hydrogen-bond donors (Lipinski definition) is 0. The van der Waals surface area contributed by atoms with Crippen LogP contribution in [0, 0.1) is 12.8 Å². The molecular formula is C18H19N3O5. The van der Waals surface area contributed by atoms with E-state index in [1.54, 1.807) is 38.1 Å². The lowest BCUT2D eigenvalue weighted by Gasteiger charge is -2.29. The number of hydrazone groups is 1. The van der Waals surface area contributed by atoms with Crippen molar-refractivity contribution in [1.29, 1.82) is 0 Å². The van der Waals surface area contributed by atoms with Gasteiger partial charge < -0.3 is 4.74 Å².